The molecule has 1 N–H and O–H groups in total. The fourth-order valence-corrected chi connectivity index (χ4v) is 5.22. The first-order valence-electron chi connectivity index (χ1n) is 11.7. The number of methoxy groups -OCH3 is 1. The van der Waals surface area contributed by atoms with E-state index in [1.54, 1.807) is 43.5 Å². The lowest BCUT2D eigenvalue weighted by atomic mass is 10.0. The minimum atomic E-state index is -3.67. The van der Waals surface area contributed by atoms with Crippen molar-refractivity contribution in [3.05, 3.63) is 89.9 Å². The van der Waals surface area contributed by atoms with Crippen molar-refractivity contribution in [1.82, 2.24) is 9.62 Å². The molecule has 1 aromatic heterocycles. The third kappa shape index (κ3) is 6.41. The smallest absolute Gasteiger partial charge is 0.247 e. The number of likely N-dealkylation sites (tertiary alicyclic amines) is 1. The average molecular weight is 495 g/mol. The normalized spacial score (nSPS) is 16.8. The highest BCUT2D eigenvalue weighted by atomic mass is 32.2. The van der Waals surface area contributed by atoms with Crippen molar-refractivity contribution in [3.63, 3.8) is 0 Å². The second-order valence-corrected chi connectivity index (χ2v) is 10.2. The van der Waals surface area contributed by atoms with E-state index in [2.05, 4.69) is 4.72 Å². The van der Waals surface area contributed by atoms with Crippen molar-refractivity contribution < 1.29 is 22.4 Å². The Morgan fingerprint density at radius 2 is 1.86 bits per heavy atom. The Morgan fingerprint density at radius 3 is 2.54 bits per heavy atom. The lowest BCUT2D eigenvalue weighted by Crippen LogP contribution is -2.33. The maximum atomic E-state index is 13.2. The molecular weight excluding hydrogens is 464 g/mol. The summed E-state index contributed by atoms with van der Waals surface area (Å²) in [4.78, 5) is 15.2. The number of hydrogen-bond donors (Lipinski definition) is 1. The lowest BCUT2D eigenvalue weighted by molar-refractivity contribution is -0.128. The molecule has 0 bridgehead atoms. The van der Waals surface area contributed by atoms with Gasteiger partial charge in [-0.25, -0.2) is 13.1 Å². The molecule has 1 amide bonds. The maximum absolute atomic E-state index is 13.2. The third-order valence-electron chi connectivity index (χ3n) is 6.16. The van der Waals surface area contributed by atoms with E-state index in [0.29, 0.717) is 12.3 Å². The standard InChI is InChI=1S/C27H30N2O5S/c1-33-23-13-11-22(12-14-23)26-7-3-2-4-18-29(26)27(30)17-10-21-8-15-25(16-9-21)35(31,32)28-20-24-6-5-19-34-24/h5-6,8-17,19,26,28H,2-4,7,18,20H2,1H3/b17-10+. The maximum Gasteiger partial charge on any atom is 0.247 e. The summed E-state index contributed by atoms with van der Waals surface area (Å²) < 4.78 is 38.0. The Balaban J connectivity index is 1.43. The number of furan rings is 1. The molecule has 1 atom stereocenters. The largest absolute Gasteiger partial charge is 0.497 e. The highest BCUT2D eigenvalue weighted by Crippen LogP contribution is 2.31. The van der Waals surface area contributed by atoms with Crippen molar-refractivity contribution in [2.75, 3.05) is 13.7 Å². The Kier molecular flexibility index (Phi) is 8.05. The molecule has 7 nitrogen and oxygen atoms in total. The quantitative estimate of drug-likeness (QED) is 0.449. The topological polar surface area (TPSA) is 88.8 Å². The number of ether oxygens (including phenoxy) is 1. The van der Waals surface area contributed by atoms with Gasteiger partial charge in [0.25, 0.3) is 0 Å². The van der Waals surface area contributed by atoms with Crippen molar-refractivity contribution in [2.45, 2.75) is 43.2 Å². The predicted molar refractivity (Wildman–Crippen MR) is 134 cm³/mol. The first-order chi connectivity index (χ1) is 17.0. The van der Waals surface area contributed by atoms with Crippen molar-refractivity contribution >= 4 is 22.0 Å². The van der Waals surface area contributed by atoms with Crippen molar-refractivity contribution in [1.29, 1.82) is 0 Å². The van der Waals surface area contributed by atoms with E-state index in [1.165, 1.54) is 18.4 Å². The van der Waals surface area contributed by atoms with Gasteiger partial charge in [0.05, 0.1) is 30.9 Å². The highest BCUT2D eigenvalue weighted by Gasteiger charge is 2.25. The summed E-state index contributed by atoms with van der Waals surface area (Å²) in [5.41, 5.74) is 1.85. The van der Waals surface area contributed by atoms with E-state index in [-0.39, 0.29) is 23.4 Å². The van der Waals surface area contributed by atoms with Crippen molar-refractivity contribution in [2.24, 2.45) is 0 Å². The minimum Gasteiger partial charge on any atom is -0.497 e. The van der Waals surface area contributed by atoms with Gasteiger partial charge in [-0.05, 0) is 66.4 Å². The molecule has 0 aliphatic carbocycles. The number of nitrogens with one attached hydrogen (secondary N) is 1. The molecule has 0 spiro atoms. The Bertz CT molecular complexity index is 1230. The molecule has 35 heavy (non-hydrogen) atoms. The Hall–Kier alpha value is -3.36. The van der Waals surface area contributed by atoms with E-state index in [4.69, 9.17) is 9.15 Å². The van der Waals surface area contributed by atoms with Crippen LogP contribution in [-0.2, 0) is 21.4 Å². The van der Waals surface area contributed by atoms with E-state index in [9.17, 15) is 13.2 Å². The van der Waals surface area contributed by atoms with Crippen LogP contribution < -0.4 is 9.46 Å². The molecule has 8 heteroatoms. The number of nitrogens with zero attached hydrogens (tertiary/aromatic N) is 1. The van der Waals surface area contributed by atoms with E-state index < -0.39 is 10.0 Å². The fraction of sp³-hybridized carbons (Fsp3) is 0.296. The van der Waals surface area contributed by atoms with E-state index >= 15 is 0 Å². The summed E-state index contributed by atoms with van der Waals surface area (Å²) in [5.74, 6) is 1.28. The lowest BCUT2D eigenvalue weighted by Gasteiger charge is -2.29. The molecule has 2 aromatic carbocycles. The van der Waals surface area contributed by atoms with Crippen LogP contribution in [0.4, 0.5) is 0 Å². The molecular formula is C27H30N2O5S. The van der Waals surface area contributed by atoms with Crippen LogP contribution in [0.1, 0.15) is 48.6 Å². The van der Waals surface area contributed by atoms with Crippen LogP contribution in [-0.4, -0.2) is 32.9 Å². The predicted octanol–water partition coefficient (Wildman–Crippen LogP) is 4.92. The van der Waals surface area contributed by atoms with Gasteiger partial charge in [0, 0.05) is 12.6 Å². The zero-order chi connectivity index (χ0) is 24.7. The molecule has 1 aliphatic rings. The van der Waals surface area contributed by atoms with E-state index in [0.717, 1.165) is 42.6 Å². The second kappa shape index (κ2) is 11.4. The van der Waals surface area contributed by atoms with Crippen LogP contribution >= 0.6 is 0 Å². The summed E-state index contributed by atoms with van der Waals surface area (Å²) in [7, 11) is -2.03. The van der Waals surface area contributed by atoms with Crippen LogP contribution in [0.25, 0.3) is 6.08 Å². The van der Waals surface area contributed by atoms with E-state index in [1.807, 2.05) is 29.2 Å². The molecule has 4 rings (SSSR count). The van der Waals surface area contributed by atoms with Crippen LogP contribution in [0.2, 0.25) is 0 Å². The van der Waals surface area contributed by atoms with Crippen LogP contribution in [0.15, 0.2) is 82.3 Å². The van der Waals surface area contributed by atoms with Gasteiger partial charge in [-0.2, -0.15) is 0 Å². The number of benzene rings is 2. The SMILES string of the molecule is COc1ccc(C2CCCCCN2C(=O)/C=C/c2ccc(S(=O)(=O)NCc3ccco3)cc2)cc1. The summed E-state index contributed by atoms with van der Waals surface area (Å²) >= 11 is 0. The molecule has 0 saturated carbocycles. The van der Waals surface area contributed by atoms with Crippen LogP contribution in [0.3, 0.4) is 0 Å². The fourth-order valence-electron chi connectivity index (χ4n) is 4.23. The monoisotopic (exact) mass is 494 g/mol. The number of sulfonamides is 1. The van der Waals surface area contributed by atoms with Crippen molar-refractivity contribution in [3.8, 4) is 5.75 Å². The molecule has 1 unspecified atom stereocenters. The van der Waals surface area contributed by atoms with Crippen LogP contribution in [0, 0.1) is 0 Å². The zero-order valence-electron chi connectivity index (χ0n) is 19.7. The summed E-state index contributed by atoms with van der Waals surface area (Å²) in [6.07, 6.45) is 8.87. The van der Waals surface area contributed by atoms with Gasteiger partial charge < -0.3 is 14.1 Å². The first-order valence-corrected chi connectivity index (χ1v) is 13.2. The molecule has 3 aromatic rings. The Labute approximate surface area is 206 Å². The minimum absolute atomic E-state index is 0.0216. The summed E-state index contributed by atoms with van der Waals surface area (Å²) in [5, 5.41) is 0. The highest BCUT2D eigenvalue weighted by molar-refractivity contribution is 7.89. The van der Waals surface area contributed by atoms with Gasteiger partial charge in [-0.1, -0.05) is 37.1 Å². The first kappa shape index (κ1) is 24.8. The van der Waals surface area contributed by atoms with Gasteiger partial charge in [0.15, 0.2) is 0 Å². The number of amides is 1. The number of carbonyl (C=O) groups excluding carboxylic acids is 1. The summed E-state index contributed by atoms with van der Waals surface area (Å²) in [6, 6.07) is 17.8. The number of hydrogen-bond acceptors (Lipinski definition) is 5. The molecule has 1 saturated heterocycles. The summed E-state index contributed by atoms with van der Waals surface area (Å²) in [6.45, 7) is 0.787. The zero-order valence-corrected chi connectivity index (χ0v) is 20.5. The van der Waals surface area contributed by atoms with Gasteiger partial charge in [-0.15, -0.1) is 0 Å². The molecule has 2 heterocycles. The van der Waals surface area contributed by atoms with Gasteiger partial charge in [0.1, 0.15) is 11.5 Å². The molecule has 184 valence electrons. The van der Waals surface area contributed by atoms with Gasteiger partial charge >= 0.3 is 0 Å². The average Bonchev–Trinajstić information content (AvgIpc) is 3.29. The molecule has 0 radical (unpaired) electrons. The van der Waals surface area contributed by atoms with Crippen LogP contribution in [0.5, 0.6) is 5.75 Å². The van der Waals surface area contributed by atoms with Gasteiger partial charge in [-0.3, -0.25) is 4.79 Å². The molecule has 1 aliphatic heterocycles. The Morgan fingerprint density at radius 1 is 1.09 bits per heavy atom. The second-order valence-electron chi connectivity index (χ2n) is 8.48. The third-order valence-corrected chi connectivity index (χ3v) is 7.58. The van der Waals surface area contributed by atoms with Gasteiger partial charge in [0.2, 0.25) is 15.9 Å². The molecule has 1 fully saturated rings. The number of rotatable bonds is 8. The number of carbonyl (C=O) groups is 1.